The molecule has 86 valence electrons. The summed E-state index contributed by atoms with van der Waals surface area (Å²) in [6, 6.07) is 1.71. The maximum atomic E-state index is 5.97. The maximum Gasteiger partial charge on any atom is 0.0175 e. The molecule has 3 fully saturated rings. The van der Waals surface area contributed by atoms with Crippen molar-refractivity contribution < 1.29 is 0 Å². The summed E-state index contributed by atoms with van der Waals surface area (Å²) in [6.45, 7) is 2.22. The van der Waals surface area contributed by atoms with Crippen LogP contribution in [-0.4, -0.2) is 42.1 Å². The van der Waals surface area contributed by atoms with Gasteiger partial charge in [-0.05, 0) is 38.1 Å². The molecule has 2 N–H and O–H groups in total. The van der Waals surface area contributed by atoms with Crippen molar-refractivity contribution in [2.45, 2.75) is 44.2 Å². The Morgan fingerprint density at radius 3 is 2.60 bits per heavy atom. The SMILES string of the molecule is CN1C2CCCCC2C2CN(N)CCC21. The van der Waals surface area contributed by atoms with Crippen LogP contribution < -0.4 is 5.84 Å². The molecule has 3 nitrogen and oxygen atoms in total. The predicted octanol–water partition coefficient (Wildman–Crippen LogP) is 1.05. The van der Waals surface area contributed by atoms with Gasteiger partial charge in [0, 0.05) is 25.2 Å². The Labute approximate surface area is 92.6 Å². The largest absolute Gasteiger partial charge is 0.300 e. The van der Waals surface area contributed by atoms with Crippen LogP contribution in [0.3, 0.4) is 0 Å². The summed E-state index contributed by atoms with van der Waals surface area (Å²) in [5, 5.41) is 2.05. The molecule has 0 aromatic rings. The summed E-state index contributed by atoms with van der Waals surface area (Å²) in [4.78, 5) is 2.68. The highest BCUT2D eigenvalue weighted by Crippen LogP contribution is 2.45. The second-order valence-electron chi connectivity index (χ2n) is 5.70. The first-order chi connectivity index (χ1) is 7.27. The van der Waals surface area contributed by atoms with Crippen LogP contribution in [0.15, 0.2) is 0 Å². The van der Waals surface area contributed by atoms with E-state index in [2.05, 4.69) is 11.9 Å². The number of likely N-dealkylation sites (tertiary alicyclic amines) is 1. The van der Waals surface area contributed by atoms with E-state index in [1.165, 1.54) is 32.1 Å². The lowest BCUT2D eigenvalue weighted by Crippen LogP contribution is -2.48. The Morgan fingerprint density at radius 2 is 1.73 bits per heavy atom. The lowest BCUT2D eigenvalue weighted by atomic mass is 9.77. The Bertz CT molecular complexity index is 243. The molecule has 0 radical (unpaired) electrons. The highest BCUT2D eigenvalue weighted by atomic mass is 15.4. The fraction of sp³-hybridized carbons (Fsp3) is 1.00. The fourth-order valence-corrected chi connectivity index (χ4v) is 4.31. The number of nitrogens with zero attached hydrogens (tertiary/aromatic N) is 2. The maximum absolute atomic E-state index is 5.97. The lowest BCUT2D eigenvalue weighted by Gasteiger charge is -2.35. The first-order valence-electron chi connectivity index (χ1n) is 6.49. The Morgan fingerprint density at radius 1 is 1.00 bits per heavy atom. The second kappa shape index (κ2) is 3.72. The number of rotatable bonds is 0. The molecule has 4 atom stereocenters. The van der Waals surface area contributed by atoms with E-state index >= 15 is 0 Å². The summed E-state index contributed by atoms with van der Waals surface area (Å²) >= 11 is 0. The van der Waals surface area contributed by atoms with E-state index in [0.717, 1.165) is 37.0 Å². The molecule has 2 saturated heterocycles. The van der Waals surface area contributed by atoms with Crippen molar-refractivity contribution in [1.29, 1.82) is 0 Å². The highest BCUT2D eigenvalue weighted by molar-refractivity contribution is 5.02. The van der Waals surface area contributed by atoms with Gasteiger partial charge >= 0.3 is 0 Å². The van der Waals surface area contributed by atoms with E-state index in [0.29, 0.717) is 0 Å². The summed E-state index contributed by atoms with van der Waals surface area (Å²) in [6.07, 6.45) is 7.05. The van der Waals surface area contributed by atoms with Crippen LogP contribution >= 0.6 is 0 Å². The molecule has 0 bridgehead atoms. The zero-order valence-corrected chi connectivity index (χ0v) is 9.73. The van der Waals surface area contributed by atoms with Crippen LogP contribution in [0.1, 0.15) is 32.1 Å². The van der Waals surface area contributed by atoms with E-state index < -0.39 is 0 Å². The molecule has 3 heteroatoms. The van der Waals surface area contributed by atoms with Crippen molar-refractivity contribution in [2.24, 2.45) is 17.7 Å². The van der Waals surface area contributed by atoms with Gasteiger partial charge in [-0.3, -0.25) is 10.7 Å². The minimum Gasteiger partial charge on any atom is -0.300 e. The van der Waals surface area contributed by atoms with Gasteiger partial charge in [-0.25, -0.2) is 5.01 Å². The van der Waals surface area contributed by atoms with Gasteiger partial charge < -0.3 is 0 Å². The van der Waals surface area contributed by atoms with Crippen molar-refractivity contribution >= 4 is 0 Å². The first kappa shape index (κ1) is 10.1. The Kier molecular flexibility index (Phi) is 2.49. The van der Waals surface area contributed by atoms with Crippen molar-refractivity contribution in [3.63, 3.8) is 0 Å². The van der Waals surface area contributed by atoms with E-state index in [9.17, 15) is 0 Å². The van der Waals surface area contributed by atoms with Gasteiger partial charge in [0.05, 0.1) is 0 Å². The average Bonchev–Trinajstić information content (AvgIpc) is 2.54. The molecule has 1 saturated carbocycles. The number of piperidine rings is 1. The van der Waals surface area contributed by atoms with Gasteiger partial charge in [0.15, 0.2) is 0 Å². The summed E-state index contributed by atoms with van der Waals surface area (Å²) < 4.78 is 0. The smallest absolute Gasteiger partial charge is 0.0175 e. The van der Waals surface area contributed by atoms with E-state index in [1.807, 2.05) is 5.01 Å². The molecule has 0 aromatic carbocycles. The third-order valence-corrected chi connectivity index (χ3v) is 5.03. The van der Waals surface area contributed by atoms with E-state index in [1.54, 1.807) is 0 Å². The standard InChI is InChI=1S/C12H23N3/c1-14-11-5-3-2-4-9(11)10-8-15(13)7-6-12(10)14/h9-12H,2-8,13H2,1H3. The topological polar surface area (TPSA) is 32.5 Å². The normalized spacial score (nSPS) is 47.6. The molecular formula is C12H23N3. The van der Waals surface area contributed by atoms with Gasteiger partial charge in [-0.15, -0.1) is 0 Å². The Hall–Kier alpha value is -0.120. The van der Waals surface area contributed by atoms with E-state index in [-0.39, 0.29) is 0 Å². The lowest BCUT2D eigenvalue weighted by molar-refractivity contribution is 0.112. The van der Waals surface area contributed by atoms with Crippen molar-refractivity contribution in [3.05, 3.63) is 0 Å². The monoisotopic (exact) mass is 209 g/mol. The van der Waals surface area contributed by atoms with Crippen LogP contribution in [-0.2, 0) is 0 Å². The average molecular weight is 209 g/mol. The van der Waals surface area contributed by atoms with Gasteiger partial charge in [0.2, 0.25) is 0 Å². The zero-order valence-electron chi connectivity index (χ0n) is 9.73. The van der Waals surface area contributed by atoms with Gasteiger partial charge in [0.25, 0.3) is 0 Å². The van der Waals surface area contributed by atoms with Crippen LogP contribution in [0.5, 0.6) is 0 Å². The van der Waals surface area contributed by atoms with Crippen LogP contribution in [0.4, 0.5) is 0 Å². The molecule has 2 aliphatic heterocycles. The van der Waals surface area contributed by atoms with Gasteiger partial charge in [0.1, 0.15) is 0 Å². The molecule has 0 spiro atoms. The molecule has 15 heavy (non-hydrogen) atoms. The Balaban J connectivity index is 1.81. The number of fused-ring (bicyclic) bond motifs is 3. The number of hydrogen-bond acceptors (Lipinski definition) is 3. The summed E-state index contributed by atoms with van der Waals surface area (Å²) in [5.41, 5.74) is 0. The predicted molar refractivity (Wildman–Crippen MR) is 61.2 cm³/mol. The molecule has 0 aromatic heterocycles. The van der Waals surface area contributed by atoms with Crippen LogP contribution in [0.25, 0.3) is 0 Å². The van der Waals surface area contributed by atoms with Crippen LogP contribution in [0.2, 0.25) is 0 Å². The molecule has 1 aliphatic carbocycles. The number of nitrogens with two attached hydrogens (primary N) is 1. The first-order valence-corrected chi connectivity index (χ1v) is 6.49. The summed E-state index contributed by atoms with van der Waals surface area (Å²) in [5.74, 6) is 7.78. The number of hydrazine groups is 1. The van der Waals surface area contributed by atoms with Crippen molar-refractivity contribution in [2.75, 3.05) is 20.1 Å². The van der Waals surface area contributed by atoms with Crippen molar-refractivity contribution in [1.82, 2.24) is 9.91 Å². The fourth-order valence-electron chi connectivity index (χ4n) is 4.31. The molecule has 3 aliphatic rings. The van der Waals surface area contributed by atoms with Gasteiger partial charge in [-0.2, -0.15) is 0 Å². The van der Waals surface area contributed by atoms with E-state index in [4.69, 9.17) is 5.84 Å². The molecule has 4 unspecified atom stereocenters. The third kappa shape index (κ3) is 1.52. The second-order valence-corrected chi connectivity index (χ2v) is 5.70. The highest BCUT2D eigenvalue weighted by Gasteiger charge is 2.48. The van der Waals surface area contributed by atoms with Crippen LogP contribution in [0, 0.1) is 11.8 Å². The molecule has 2 heterocycles. The minimum absolute atomic E-state index is 0.831. The zero-order chi connectivity index (χ0) is 10.4. The molecular weight excluding hydrogens is 186 g/mol. The quantitative estimate of drug-likeness (QED) is 0.605. The van der Waals surface area contributed by atoms with Crippen molar-refractivity contribution in [3.8, 4) is 0 Å². The third-order valence-electron chi connectivity index (χ3n) is 5.03. The van der Waals surface area contributed by atoms with Gasteiger partial charge in [-0.1, -0.05) is 12.8 Å². The molecule has 0 amide bonds. The number of hydrogen-bond donors (Lipinski definition) is 1. The minimum atomic E-state index is 0.831. The summed E-state index contributed by atoms with van der Waals surface area (Å²) in [7, 11) is 2.35. The molecule has 3 rings (SSSR count).